The number of ether oxygens (including phenoxy) is 1. The van der Waals surface area contributed by atoms with Gasteiger partial charge in [-0.15, -0.1) is 0 Å². The number of fused-ring (bicyclic) bond motifs is 1. The van der Waals surface area contributed by atoms with Crippen LogP contribution in [0.1, 0.15) is 25.5 Å². The minimum absolute atomic E-state index is 0.324. The molecule has 0 fully saturated rings. The van der Waals surface area contributed by atoms with Crippen LogP contribution in [0.5, 0.6) is 0 Å². The van der Waals surface area contributed by atoms with Gasteiger partial charge in [-0.3, -0.25) is 4.57 Å². The SMILES string of the molecule is CCc1cc2oc(=O)n(C(C)C(=O)OCC(N)(CO)CO)c2cc1Cl. The van der Waals surface area contributed by atoms with Gasteiger partial charge in [-0.1, -0.05) is 18.5 Å². The summed E-state index contributed by atoms with van der Waals surface area (Å²) >= 11 is 6.18. The fraction of sp³-hybridized carbons (Fsp3) is 0.500. The number of aryl methyl sites for hydroxylation is 1. The molecule has 0 bridgehead atoms. The van der Waals surface area contributed by atoms with Gasteiger partial charge in [0.1, 0.15) is 12.6 Å². The van der Waals surface area contributed by atoms with Crippen molar-refractivity contribution in [3.63, 3.8) is 0 Å². The number of nitrogens with zero attached hydrogens (tertiary/aromatic N) is 1. The molecule has 2 rings (SSSR count). The van der Waals surface area contributed by atoms with Gasteiger partial charge in [0.25, 0.3) is 0 Å². The van der Waals surface area contributed by atoms with Gasteiger partial charge in [0.2, 0.25) is 0 Å². The predicted octanol–water partition coefficient (Wildman–Crippen LogP) is 0.597. The second-order valence-electron chi connectivity index (χ2n) is 5.97. The molecule has 0 radical (unpaired) electrons. The molecule has 138 valence electrons. The average Bonchev–Trinajstić information content (AvgIpc) is 2.92. The van der Waals surface area contributed by atoms with E-state index >= 15 is 0 Å². The number of esters is 1. The molecule has 0 amide bonds. The van der Waals surface area contributed by atoms with Crippen molar-refractivity contribution in [1.82, 2.24) is 4.57 Å². The Kier molecular flexibility index (Phi) is 5.89. The van der Waals surface area contributed by atoms with Crippen molar-refractivity contribution in [2.24, 2.45) is 5.73 Å². The number of oxazole rings is 1. The van der Waals surface area contributed by atoms with Crippen molar-refractivity contribution >= 4 is 28.7 Å². The minimum atomic E-state index is -1.45. The topological polar surface area (TPSA) is 128 Å². The molecular weight excluding hydrogens is 352 g/mol. The first kappa shape index (κ1) is 19.5. The van der Waals surface area contributed by atoms with E-state index in [1.165, 1.54) is 6.92 Å². The van der Waals surface area contributed by atoms with Crippen molar-refractivity contribution in [3.05, 3.63) is 33.3 Å². The van der Waals surface area contributed by atoms with E-state index in [4.69, 9.17) is 36.7 Å². The van der Waals surface area contributed by atoms with E-state index < -0.39 is 43.1 Å². The van der Waals surface area contributed by atoms with Crippen LogP contribution in [0, 0.1) is 0 Å². The first-order chi connectivity index (χ1) is 11.8. The average molecular weight is 373 g/mol. The normalized spacial score (nSPS) is 13.2. The maximum absolute atomic E-state index is 12.2. The number of carbonyl (C=O) groups excluding carboxylic acids is 1. The number of halogens is 1. The van der Waals surface area contributed by atoms with Crippen molar-refractivity contribution in [3.8, 4) is 0 Å². The summed E-state index contributed by atoms with van der Waals surface area (Å²) in [5.74, 6) is -1.47. The molecule has 0 aliphatic carbocycles. The molecule has 8 nitrogen and oxygen atoms in total. The summed E-state index contributed by atoms with van der Waals surface area (Å²) in [5.41, 5.74) is 5.73. The van der Waals surface area contributed by atoms with Crippen LogP contribution in [-0.2, 0) is 16.0 Å². The quantitative estimate of drug-likeness (QED) is 0.607. The number of aliphatic hydroxyl groups excluding tert-OH is 2. The number of hydrogen-bond acceptors (Lipinski definition) is 7. The van der Waals surface area contributed by atoms with Crippen molar-refractivity contribution < 1.29 is 24.2 Å². The number of rotatable bonds is 7. The zero-order chi connectivity index (χ0) is 18.8. The molecular formula is C16H21ClN2O6. The number of carbonyl (C=O) groups is 1. The summed E-state index contributed by atoms with van der Waals surface area (Å²) in [6, 6.07) is 2.23. The highest BCUT2D eigenvalue weighted by Crippen LogP contribution is 2.26. The van der Waals surface area contributed by atoms with Crippen LogP contribution in [0.15, 0.2) is 21.3 Å². The minimum Gasteiger partial charge on any atom is -0.462 e. The molecule has 1 aromatic heterocycles. The van der Waals surface area contributed by atoms with Gasteiger partial charge in [0, 0.05) is 5.02 Å². The Hall–Kier alpha value is -1.87. The number of aromatic nitrogens is 1. The van der Waals surface area contributed by atoms with Gasteiger partial charge in [-0.25, -0.2) is 9.59 Å². The maximum Gasteiger partial charge on any atom is 0.420 e. The molecule has 9 heteroatoms. The summed E-state index contributed by atoms with van der Waals surface area (Å²) < 4.78 is 11.4. The zero-order valence-electron chi connectivity index (χ0n) is 14.0. The van der Waals surface area contributed by atoms with Crippen LogP contribution in [0.2, 0.25) is 5.02 Å². The lowest BCUT2D eigenvalue weighted by Gasteiger charge is -2.24. The molecule has 1 unspecified atom stereocenters. The van der Waals surface area contributed by atoms with Crippen LogP contribution in [-0.4, -0.2) is 46.1 Å². The lowest BCUT2D eigenvalue weighted by Crippen LogP contribution is -2.52. The van der Waals surface area contributed by atoms with Gasteiger partial charge in [-0.2, -0.15) is 0 Å². The second-order valence-corrected chi connectivity index (χ2v) is 6.37. The monoisotopic (exact) mass is 372 g/mol. The Morgan fingerprint density at radius 2 is 2.08 bits per heavy atom. The van der Waals surface area contributed by atoms with Gasteiger partial charge >= 0.3 is 11.7 Å². The third kappa shape index (κ3) is 3.87. The molecule has 0 saturated carbocycles. The van der Waals surface area contributed by atoms with E-state index in [0.717, 1.165) is 10.1 Å². The summed E-state index contributed by atoms with van der Waals surface area (Å²) in [6.45, 7) is 1.87. The predicted molar refractivity (Wildman–Crippen MR) is 91.6 cm³/mol. The standard InChI is InChI=1S/C16H21ClN2O6/c1-3-10-4-13-12(5-11(10)17)19(15(23)25-13)9(2)14(22)24-8-16(18,6-20)7-21/h4-5,9,20-21H,3,6-8,18H2,1-2H3. The van der Waals surface area contributed by atoms with Crippen molar-refractivity contribution in [2.45, 2.75) is 31.8 Å². The molecule has 0 aliphatic heterocycles. The molecule has 1 atom stereocenters. The maximum atomic E-state index is 12.2. The first-order valence-corrected chi connectivity index (χ1v) is 8.14. The van der Waals surface area contributed by atoms with E-state index in [1.807, 2.05) is 6.92 Å². The van der Waals surface area contributed by atoms with E-state index in [0.29, 0.717) is 22.5 Å². The molecule has 0 saturated heterocycles. The molecule has 1 aromatic carbocycles. The summed E-state index contributed by atoms with van der Waals surface area (Å²) in [4.78, 5) is 24.4. The Morgan fingerprint density at radius 3 is 2.64 bits per heavy atom. The number of hydrogen-bond donors (Lipinski definition) is 3. The molecule has 25 heavy (non-hydrogen) atoms. The fourth-order valence-electron chi connectivity index (χ4n) is 2.32. The Labute approximate surface area is 148 Å². The van der Waals surface area contributed by atoms with E-state index in [2.05, 4.69) is 0 Å². The Balaban J connectivity index is 2.31. The van der Waals surface area contributed by atoms with Crippen LogP contribution in [0.25, 0.3) is 11.1 Å². The van der Waals surface area contributed by atoms with Crippen LogP contribution < -0.4 is 11.5 Å². The molecule has 0 spiro atoms. The van der Waals surface area contributed by atoms with Crippen LogP contribution >= 0.6 is 11.6 Å². The Bertz CT molecular complexity index is 824. The summed E-state index contributed by atoms with van der Waals surface area (Å²) in [7, 11) is 0. The van der Waals surface area contributed by atoms with Crippen LogP contribution in [0.3, 0.4) is 0 Å². The van der Waals surface area contributed by atoms with E-state index in [-0.39, 0.29) is 0 Å². The van der Waals surface area contributed by atoms with Gasteiger partial charge in [0.05, 0.1) is 24.3 Å². The first-order valence-electron chi connectivity index (χ1n) is 7.77. The number of benzene rings is 1. The largest absolute Gasteiger partial charge is 0.462 e. The smallest absolute Gasteiger partial charge is 0.420 e. The van der Waals surface area contributed by atoms with E-state index in [1.54, 1.807) is 12.1 Å². The summed E-state index contributed by atoms with van der Waals surface area (Å²) in [5, 5.41) is 18.7. The number of nitrogens with two attached hydrogens (primary N) is 1. The molecule has 0 aliphatic rings. The van der Waals surface area contributed by atoms with Gasteiger partial charge in [0.15, 0.2) is 5.58 Å². The molecule has 1 heterocycles. The van der Waals surface area contributed by atoms with Gasteiger partial charge < -0.3 is 25.1 Å². The lowest BCUT2D eigenvalue weighted by atomic mass is 10.1. The zero-order valence-corrected chi connectivity index (χ0v) is 14.7. The highest BCUT2D eigenvalue weighted by Gasteiger charge is 2.29. The van der Waals surface area contributed by atoms with E-state index in [9.17, 15) is 9.59 Å². The number of aliphatic hydroxyl groups is 2. The Morgan fingerprint density at radius 1 is 1.44 bits per heavy atom. The van der Waals surface area contributed by atoms with Crippen molar-refractivity contribution in [1.29, 1.82) is 0 Å². The highest BCUT2D eigenvalue weighted by molar-refractivity contribution is 6.32. The second kappa shape index (κ2) is 7.57. The highest BCUT2D eigenvalue weighted by atomic mass is 35.5. The summed E-state index contributed by atoms with van der Waals surface area (Å²) in [6.07, 6.45) is 0.669. The molecule has 2 aromatic rings. The van der Waals surface area contributed by atoms with Gasteiger partial charge in [-0.05, 0) is 31.0 Å². The van der Waals surface area contributed by atoms with Crippen LogP contribution in [0.4, 0.5) is 0 Å². The van der Waals surface area contributed by atoms with Crippen molar-refractivity contribution in [2.75, 3.05) is 19.8 Å². The molecule has 4 N–H and O–H groups in total. The lowest BCUT2D eigenvalue weighted by molar-refractivity contribution is -0.150. The third-order valence-electron chi connectivity index (χ3n) is 4.02. The third-order valence-corrected chi connectivity index (χ3v) is 4.37. The fourth-order valence-corrected chi connectivity index (χ4v) is 2.61.